The molecule has 0 aliphatic carbocycles. The monoisotopic (exact) mass is 383 g/mol. The summed E-state index contributed by atoms with van der Waals surface area (Å²) in [5, 5.41) is 3.76. The van der Waals surface area contributed by atoms with Crippen LogP contribution in [0.2, 0.25) is 0 Å². The molecular weight excluding hydrogens is 354 g/mol. The van der Waals surface area contributed by atoms with E-state index in [2.05, 4.69) is 29.6 Å². The van der Waals surface area contributed by atoms with E-state index in [1.807, 2.05) is 36.4 Å². The number of ether oxygens (including phenoxy) is 2. The number of urea groups is 1. The van der Waals surface area contributed by atoms with Gasteiger partial charge >= 0.3 is 6.03 Å². The number of carbonyl (C=O) groups is 1. The van der Waals surface area contributed by atoms with Crippen molar-refractivity contribution in [3.8, 4) is 11.5 Å². The highest BCUT2D eigenvalue weighted by atomic mass is 16.5. The number of carbonyl (C=O) groups excluding carboxylic acids is 1. The summed E-state index contributed by atoms with van der Waals surface area (Å²) < 4.78 is 11.5. The van der Waals surface area contributed by atoms with Crippen LogP contribution < -0.4 is 20.6 Å². The Hall–Kier alpha value is -3.02. The minimum Gasteiger partial charge on any atom is -0.490 e. The molecule has 150 valence electrons. The summed E-state index contributed by atoms with van der Waals surface area (Å²) in [6.45, 7) is 3.05. The topological polar surface area (TPSA) is 85.9 Å². The summed E-state index contributed by atoms with van der Waals surface area (Å²) in [6.07, 6.45) is 7.69. The lowest BCUT2D eigenvalue weighted by atomic mass is 10.1. The van der Waals surface area contributed by atoms with Crippen LogP contribution in [0, 0.1) is 0 Å². The Labute approximate surface area is 166 Å². The van der Waals surface area contributed by atoms with Gasteiger partial charge in [-0.1, -0.05) is 50.5 Å². The molecule has 6 nitrogen and oxygen atoms in total. The smallest absolute Gasteiger partial charge is 0.332 e. The van der Waals surface area contributed by atoms with E-state index in [-0.39, 0.29) is 0 Å². The SMILES string of the molecule is CCCCCCc1ccc(OCCOc2ccccc2/C=N/NC(N)=O)cc1. The van der Waals surface area contributed by atoms with Crippen molar-refractivity contribution in [1.29, 1.82) is 0 Å². The van der Waals surface area contributed by atoms with Crippen molar-refractivity contribution >= 4 is 12.2 Å². The molecule has 0 heterocycles. The molecule has 0 saturated carbocycles. The van der Waals surface area contributed by atoms with Crippen LogP contribution in [0.15, 0.2) is 53.6 Å². The molecule has 2 aromatic rings. The molecule has 0 aliphatic heterocycles. The van der Waals surface area contributed by atoms with Gasteiger partial charge in [0.05, 0.1) is 6.21 Å². The minimum atomic E-state index is -0.713. The van der Waals surface area contributed by atoms with Crippen LogP contribution in [0.3, 0.4) is 0 Å². The number of amides is 2. The number of primary amides is 1. The summed E-state index contributed by atoms with van der Waals surface area (Å²) in [4.78, 5) is 10.7. The zero-order valence-electron chi connectivity index (χ0n) is 16.4. The fourth-order valence-electron chi connectivity index (χ4n) is 2.70. The lowest BCUT2D eigenvalue weighted by molar-refractivity contribution is 0.217. The molecule has 0 aliphatic rings. The number of para-hydroxylation sites is 1. The average molecular weight is 383 g/mol. The summed E-state index contributed by atoms with van der Waals surface area (Å²) in [7, 11) is 0. The fourth-order valence-corrected chi connectivity index (χ4v) is 2.70. The van der Waals surface area contributed by atoms with Crippen LogP contribution in [0.25, 0.3) is 0 Å². The van der Waals surface area contributed by atoms with Crippen molar-refractivity contribution in [2.75, 3.05) is 13.2 Å². The Morgan fingerprint density at radius 3 is 2.54 bits per heavy atom. The van der Waals surface area contributed by atoms with Crippen molar-refractivity contribution in [3.05, 3.63) is 59.7 Å². The number of hydrazone groups is 1. The Balaban J connectivity index is 1.74. The largest absolute Gasteiger partial charge is 0.490 e. The quantitative estimate of drug-likeness (QED) is 0.326. The van der Waals surface area contributed by atoms with Crippen molar-refractivity contribution < 1.29 is 14.3 Å². The molecule has 0 unspecified atom stereocenters. The lowest BCUT2D eigenvalue weighted by Gasteiger charge is -2.10. The zero-order valence-corrected chi connectivity index (χ0v) is 16.4. The second kappa shape index (κ2) is 12.4. The van der Waals surface area contributed by atoms with E-state index in [0.29, 0.717) is 19.0 Å². The van der Waals surface area contributed by atoms with Crippen molar-refractivity contribution in [2.45, 2.75) is 39.0 Å². The third kappa shape index (κ3) is 8.12. The number of nitrogens with zero attached hydrogens (tertiary/aromatic N) is 1. The number of hydrogen-bond donors (Lipinski definition) is 2. The molecule has 28 heavy (non-hydrogen) atoms. The molecule has 0 atom stereocenters. The molecule has 6 heteroatoms. The molecule has 0 aromatic heterocycles. The number of nitrogens with one attached hydrogen (secondary N) is 1. The summed E-state index contributed by atoms with van der Waals surface area (Å²) >= 11 is 0. The van der Waals surface area contributed by atoms with Gasteiger partial charge in [-0.25, -0.2) is 10.2 Å². The molecule has 0 radical (unpaired) electrons. The molecule has 0 saturated heterocycles. The first-order valence-corrected chi connectivity index (χ1v) is 9.71. The third-order valence-electron chi connectivity index (χ3n) is 4.15. The fraction of sp³-hybridized carbons (Fsp3) is 0.364. The van der Waals surface area contributed by atoms with Gasteiger partial charge in [-0.3, -0.25) is 0 Å². The van der Waals surface area contributed by atoms with Crippen molar-refractivity contribution in [2.24, 2.45) is 10.8 Å². The molecule has 2 aromatic carbocycles. The molecular formula is C22H29N3O3. The van der Waals surface area contributed by atoms with Crippen LogP contribution in [0.4, 0.5) is 4.79 Å². The molecule has 0 spiro atoms. The van der Waals surface area contributed by atoms with Gasteiger partial charge in [-0.15, -0.1) is 0 Å². The van der Waals surface area contributed by atoms with Crippen LogP contribution in [0.5, 0.6) is 11.5 Å². The number of benzene rings is 2. The molecule has 2 rings (SSSR count). The summed E-state index contributed by atoms with van der Waals surface area (Å²) in [5.74, 6) is 1.49. The Bertz CT molecular complexity index is 745. The van der Waals surface area contributed by atoms with Gasteiger partial charge in [0.15, 0.2) is 0 Å². The maximum Gasteiger partial charge on any atom is 0.332 e. The molecule has 0 bridgehead atoms. The van der Waals surface area contributed by atoms with Gasteiger partial charge < -0.3 is 15.2 Å². The van der Waals surface area contributed by atoms with E-state index in [4.69, 9.17) is 15.2 Å². The van der Waals surface area contributed by atoms with E-state index >= 15 is 0 Å². The van der Waals surface area contributed by atoms with Gasteiger partial charge in [0.1, 0.15) is 24.7 Å². The van der Waals surface area contributed by atoms with Crippen molar-refractivity contribution in [1.82, 2.24) is 5.43 Å². The van der Waals surface area contributed by atoms with Crippen LogP contribution >= 0.6 is 0 Å². The highest BCUT2D eigenvalue weighted by molar-refractivity contribution is 5.84. The van der Waals surface area contributed by atoms with Crippen LogP contribution in [-0.2, 0) is 6.42 Å². The van der Waals surface area contributed by atoms with Gasteiger partial charge in [0.2, 0.25) is 0 Å². The van der Waals surface area contributed by atoms with Gasteiger partial charge in [-0.2, -0.15) is 5.10 Å². The minimum absolute atomic E-state index is 0.396. The predicted molar refractivity (Wildman–Crippen MR) is 112 cm³/mol. The van der Waals surface area contributed by atoms with E-state index in [1.165, 1.54) is 37.5 Å². The van der Waals surface area contributed by atoms with E-state index in [0.717, 1.165) is 17.7 Å². The molecule has 0 fully saturated rings. The number of nitrogens with two attached hydrogens (primary N) is 1. The van der Waals surface area contributed by atoms with E-state index in [1.54, 1.807) is 0 Å². The molecule has 3 N–H and O–H groups in total. The number of unbranched alkanes of at least 4 members (excludes halogenated alkanes) is 3. The Morgan fingerprint density at radius 2 is 1.79 bits per heavy atom. The third-order valence-corrected chi connectivity index (χ3v) is 4.15. The number of hydrogen-bond acceptors (Lipinski definition) is 4. The predicted octanol–water partition coefficient (Wildman–Crippen LogP) is 4.27. The standard InChI is InChI=1S/C22H29N3O3/c1-2-3-4-5-8-18-11-13-20(14-12-18)27-15-16-28-21-10-7-6-9-19(21)17-24-25-22(23)26/h6-7,9-14,17H,2-5,8,15-16H2,1H3,(H3,23,25,26)/b24-17+. The van der Waals surface area contributed by atoms with Gasteiger partial charge in [0.25, 0.3) is 0 Å². The van der Waals surface area contributed by atoms with E-state index < -0.39 is 6.03 Å². The van der Waals surface area contributed by atoms with Gasteiger partial charge in [-0.05, 0) is 42.7 Å². The number of rotatable bonds is 12. The Kier molecular flexibility index (Phi) is 9.41. The average Bonchev–Trinajstić information content (AvgIpc) is 2.70. The van der Waals surface area contributed by atoms with Crippen LogP contribution in [0.1, 0.15) is 43.7 Å². The van der Waals surface area contributed by atoms with Gasteiger partial charge in [0, 0.05) is 5.56 Å². The first-order valence-electron chi connectivity index (χ1n) is 9.71. The zero-order chi connectivity index (χ0) is 20.0. The van der Waals surface area contributed by atoms with Crippen LogP contribution in [-0.4, -0.2) is 25.5 Å². The summed E-state index contributed by atoms with van der Waals surface area (Å²) in [5.41, 5.74) is 9.23. The lowest BCUT2D eigenvalue weighted by Crippen LogP contribution is -2.24. The molecule has 2 amide bonds. The first-order chi connectivity index (χ1) is 13.7. The Morgan fingerprint density at radius 1 is 1.04 bits per heavy atom. The van der Waals surface area contributed by atoms with Crippen molar-refractivity contribution in [3.63, 3.8) is 0 Å². The number of aryl methyl sites for hydroxylation is 1. The second-order valence-electron chi connectivity index (χ2n) is 6.42. The first kappa shape index (κ1) is 21.3. The maximum atomic E-state index is 10.7. The van der Waals surface area contributed by atoms with E-state index in [9.17, 15) is 4.79 Å². The highest BCUT2D eigenvalue weighted by Crippen LogP contribution is 2.17. The second-order valence-corrected chi connectivity index (χ2v) is 6.42. The normalized spacial score (nSPS) is 10.8. The maximum absolute atomic E-state index is 10.7. The highest BCUT2D eigenvalue weighted by Gasteiger charge is 2.02. The summed E-state index contributed by atoms with van der Waals surface area (Å²) in [6, 6.07) is 14.9.